The molecule has 0 unspecified atom stereocenters. The number of hydrogen-bond donors (Lipinski definition) is 1. The quantitative estimate of drug-likeness (QED) is 0.209. The molecular weight excluding hydrogens is 445 g/mol. The molecule has 2 rings (SSSR count). The maximum atomic E-state index is 4.73. The van der Waals surface area contributed by atoms with Crippen LogP contribution in [0.3, 0.4) is 0 Å². The molecular formula is C18H28IN5S. The highest BCUT2D eigenvalue weighted by atomic mass is 127. The second-order valence-electron chi connectivity index (χ2n) is 5.56. The van der Waals surface area contributed by atoms with Gasteiger partial charge in [-0.05, 0) is 43.4 Å². The van der Waals surface area contributed by atoms with Crippen LogP contribution in [0.2, 0.25) is 0 Å². The second kappa shape index (κ2) is 12.2. The summed E-state index contributed by atoms with van der Waals surface area (Å²) in [5.74, 6) is 0.951. The van der Waals surface area contributed by atoms with E-state index in [1.165, 1.54) is 10.5 Å². The van der Waals surface area contributed by atoms with E-state index in [0.717, 1.165) is 38.6 Å². The van der Waals surface area contributed by atoms with Gasteiger partial charge in [-0.1, -0.05) is 12.1 Å². The molecule has 2 aromatic rings. The molecule has 7 heteroatoms. The first-order valence-corrected chi connectivity index (χ1v) is 9.55. The zero-order valence-electron chi connectivity index (χ0n) is 15.2. The summed E-state index contributed by atoms with van der Waals surface area (Å²) in [5.41, 5.74) is 1.29. The second-order valence-corrected chi connectivity index (χ2v) is 6.44. The summed E-state index contributed by atoms with van der Waals surface area (Å²) >= 11 is 1.77. The van der Waals surface area contributed by atoms with Crippen LogP contribution in [0.4, 0.5) is 0 Å². The van der Waals surface area contributed by atoms with E-state index in [1.807, 2.05) is 23.1 Å². The van der Waals surface area contributed by atoms with Crippen molar-refractivity contribution in [3.8, 4) is 0 Å². The van der Waals surface area contributed by atoms with Gasteiger partial charge in [0.2, 0.25) is 0 Å². The van der Waals surface area contributed by atoms with Crippen LogP contribution in [0.15, 0.2) is 52.6 Å². The normalized spacial score (nSPS) is 11.1. The van der Waals surface area contributed by atoms with Crippen molar-refractivity contribution in [3.63, 3.8) is 0 Å². The molecule has 0 radical (unpaired) electrons. The van der Waals surface area contributed by atoms with Gasteiger partial charge in [0.05, 0.1) is 0 Å². The summed E-state index contributed by atoms with van der Waals surface area (Å²) in [6, 6.07) is 10.7. The van der Waals surface area contributed by atoms with Crippen LogP contribution in [0, 0.1) is 0 Å². The van der Waals surface area contributed by atoms with Crippen LogP contribution in [-0.4, -0.2) is 47.0 Å². The van der Waals surface area contributed by atoms with Gasteiger partial charge in [-0.2, -0.15) is 5.10 Å². The Morgan fingerprint density at radius 3 is 2.68 bits per heavy atom. The Labute approximate surface area is 172 Å². The standard InChI is InChI=1S/C18H27N5S.HI/c1-4-19-18(20-11-5-13-23-14-6-12-21-23)22(2)15-16-7-9-17(24-3)10-8-16;/h6-10,12,14H,4-5,11,13,15H2,1-3H3,(H,19,20);1H. The molecule has 0 amide bonds. The Kier molecular flexibility index (Phi) is 10.6. The number of aryl methyl sites for hydroxylation is 1. The fraction of sp³-hybridized carbons (Fsp3) is 0.444. The third kappa shape index (κ3) is 7.68. The van der Waals surface area contributed by atoms with E-state index < -0.39 is 0 Å². The molecule has 0 saturated carbocycles. The lowest BCUT2D eigenvalue weighted by Gasteiger charge is -2.22. The number of nitrogens with one attached hydrogen (secondary N) is 1. The van der Waals surface area contributed by atoms with Gasteiger partial charge in [-0.15, -0.1) is 35.7 Å². The average molecular weight is 473 g/mol. The van der Waals surface area contributed by atoms with Gasteiger partial charge in [0, 0.05) is 50.5 Å². The molecule has 5 nitrogen and oxygen atoms in total. The largest absolute Gasteiger partial charge is 0.357 e. The summed E-state index contributed by atoms with van der Waals surface area (Å²) in [7, 11) is 2.08. The maximum Gasteiger partial charge on any atom is 0.193 e. The summed E-state index contributed by atoms with van der Waals surface area (Å²) in [6.45, 7) is 5.50. The van der Waals surface area contributed by atoms with Gasteiger partial charge >= 0.3 is 0 Å². The van der Waals surface area contributed by atoms with Crippen molar-refractivity contribution >= 4 is 41.7 Å². The first kappa shape index (κ1) is 21.8. The minimum Gasteiger partial charge on any atom is -0.357 e. The topological polar surface area (TPSA) is 45.5 Å². The lowest BCUT2D eigenvalue weighted by atomic mass is 10.2. The fourth-order valence-electron chi connectivity index (χ4n) is 2.40. The molecule has 1 aromatic carbocycles. The summed E-state index contributed by atoms with van der Waals surface area (Å²) < 4.78 is 1.94. The number of guanidine groups is 1. The predicted molar refractivity (Wildman–Crippen MR) is 118 cm³/mol. The number of benzene rings is 1. The molecule has 0 fully saturated rings. The first-order chi connectivity index (χ1) is 11.7. The van der Waals surface area contributed by atoms with Gasteiger partial charge in [0.15, 0.2) is 5.96 Å². The summed E-state index contributed by atoms with van der Waals surface area (Å²) in [6.07, 6.45) is 6.87. The van der Waals surface area contributed by atoms with E-state index in [9.17, 15) is 0 Å². The molecule has 1 heterocycles. The van der Waals surface area contributed by atoms with Crippen molar-refractivity contribution in [2.75, 3.05) is 26.4 Å². The summed E-state index contributed by atoms with van der Waals surface area (Å²) in [5, 5.41) is 7.58. The predicted octanol–water partition coefficient (Wildman–Crippen LogP) is 3.71. The molecule has 0 saturated heterocycles. The van der Waals surface area contributed by atoms with E-state index in [2.05, 4.69) is 59.8 Å². The molecule has 1 aromatic heterocycles. The average Bonchev–Trinajstić information content (AvgIpc) is 3.11. The molecule has 0 spiro atoms. The smallest absolute Gasteiger partial charge is 0.193 e. The Morgan fingerprint density at radius 1 is 1.32 bits per heavy atom. The molecule has 0 aliphatic heterocycles. The van der Waals surface area contributed by atoms with Crippen molar-refractivity contribution in [2.24, 2.45) is 4.99 Å². The number of aromatic nitrogens is 2. The van der Waals surface area contributed by atoms with Crippen molar-refractivity contribution in [1.82, 2.24) is 20.0 Å². The Balaban J connectivity index is 0.00000312. The number of hydrogen-bond acceptors (Lipinski definition) is 3. The number of nitrogens with zero attached hydrogens (tertiary/aromatic N) is 4. The van der Waals surface area contributed by atoms with E-state index in [0.29, 0.717) is 0 Å². The zero-order valence-corrected chi connectivity index (χ0v) is 18.3. The van der Waals surface area contributed by atoms with Crippen molar-refractivity contribution in [2.45, 2.75) is 31.3 Å². The van der Waals surface area contributed by atoms with Gasteiger partial charge < -0.3 is 10.2 Å². The van der Waals surface area contributed by atoms with E-state index in [-0.39, 0.29) is 24.0 Å². The summed E-state index contributed by atoms with van der Waals surface area (Å²) in [4.78, 5) is 8.19. The lowest BCUT2D eigenvalue weighted by molar-refractivity contribution is 0.475. The van der Waals surface area contributed by atoms with Crippen LogP contribution in [0.25, 0.3) is 0 Å². The van der Waals surface area contributed by atoms with Crippen LogP contribution >= 0.6 is 35.7 Å². The van der Waals surface area contributed by atoms with E-state index >= 15 is 0 Å². The third-order valence-corrected chi connectivity index (χ3v) is 4.38. The number of aliphatic imine (C=N–C) groups is 1. The highest BCUT2D eigenvalue weighted by molar-refractivity contribution is 14.0. The fourth-order valence-corrected chi connectivity index (χ4v) is 2.81. The Bertz CT molecular complexity index is 613. The molecule has 0 bridgehead atoms. The zero-order chi connectivity index (χ0) is 17.2. The van der Waals surface area contributed by atoms with Gasteiger partial charge in [0.25, 0.3) is 0 Å². The Morgan fingerprint density at radius 2 is 2.08 bits per heavy atom. The highest BCUT2D eigenvalue weighted by Crippen LogP contribution is 2.15. The number of thioether (sulfide) groups is 1. The first-order valence-electron chi connectivity index (χ1n) is 8.32. The molecule has 25 heavy (non-hydrogen) atoms. The van der Waals surface area contributed by atoms with Crippen LogP contribution in [-0.2, 0) is 13.1 Å². The van der Waals surface area contributed by atoms with E-state index in [1.54, 1.807) is 11.8 Å². The SMILES string of the molecule is CCNC(=NCCCn1cccn1)N(C)Cc1ccc(SC)cc1.I. The minimum absolute atomic E-state index is 0. The van der Waals surface area contributed by atoms with Crippen LogP contribution in [0.1, 0.15) is 18.9 Å². The molecule has 0 aliphatic rings. The molecule has 138 valence electrons. The van der Waals surface area contributed by atoms with Crippen LogP contribution in [0.5, 0.6) is 0 Å². The van der Waals surface area contributed by atoms with Gasteiger partial charge in [0.1, 0.15) is 0 Å². The maximum absolute atomic E-state index is 4.73. The van der Waals surface area contributed by atoms with Gasteiger partial charge in [-0.25, -0.2) is 0 Å². The third-order valence-electron chi connectivity index (χ3n) is 3.64. The monoisotopic (exact) mass is 473 g/mol. The molecule has 0 atom stereocenters. The number of rotatable bonds is 8. The molecule has 1 N–H and O–H groups in total. The Hall–Kier alpha value is -1.22. The minimum atomic E-state index is 0. The van der Waals surface area contributed by atoms with E-state index in [4.69, 9.17) is 4.99 Å². The van der Waals surface area contributed by atoms with Crippen molar-refractivity contribution in [3.05, 3.63) is 48.3 Å². The van der Waals surface area contributed by atoms with Crippen molar-refractivity contribution in [1.29, 1.82) is 0 Å². The number of halogens is 1. The van der Waals surface area contributed by atoms with Gasteiger partial charge in [-0.3, -0.25) is 9.67 Å². The van der Waals surface area contributed by atoms with Crippen molar-refractivity contribution < 1.29 is 0 Å². The highest BCUT2D eigenvalue weighted by Gasteiger charge is 2.06. The van der Waals surface area contributed by atoms with Crippen LogP contribution < -0.4 is 5.32 Å². The molecule has 0 aliphatic carbocycles. The lowest BCUT2D eigenvalue weighted by Crippen LogP contribution is -2.38.